The van der Waals surface area contributed by atoms with Crippen LogP contribution < -0.4 is 16.2 Å². The second-order valence-corrected chi connectivity index (χ2v) is 5.89. The summed E-state index contributed by atoms with van der Waals surface area (Å²) in [7, 11) is 0. The highest BCUT2D eigenvalue weighted by atomic mass is 16.2. The third-order valence-electron chi connectivity index (χ3n) is 4.36. The third kappa shape index (κ3) is 3.19. The molecule has 0 bridgehead atoms. The SMILES string of the molecule is Cc1ncc2c(c1CNC(=O)Cc1c(C)[nH][nH]c1=O)CCNC2. The molecule has 0 fully saturated rings. The van der Waals surface area contributed by atoms with Crippen LogP contribution in [0.15, 0.2) is 11.0 Å². The van der Waals surface area contributed by atoms with E-state index in [4.69, 9.17) is 0 Å². The molecule has 0 saturated carbocycles. The van der Waals surface area contributed by atoms with Crippen molar-refractivity contribution in [2.24, 2.45) is 0 Å². The van der Waals surface area contributed by atoms with Gasteiger partial charge >= 0.3 is 0 Å². The molecule has 0 aromatic carbocycles. The Morgan fingerprint density at radius 2 is 2.13 bits per heavy atom. The Labute approximate surface area is 133 Å². The summed E-state index contributed by atoms with van der Waals surface area (Å²) in [5, 5.41) is 11.5. The molecule has 0 saturated heterocycles. The van der Waals surface area contributed by atoms with Crippen molar-refractivity contribution in [2.75, 3.05) is 6.54 Å². The smallest absolute Gasteiger partial charge is 0.267 e. The Bertz CT molecular complexity index is 790. The van der Waals surface area contributed by atoms with Gasteiger partial charge in [-0.2, -0.15) is 0 Å². The topological polar surface area (TPSA) is 103 Å². The average Bonchev–Trinajstić information content (AvgIpc) is 2.86. The first-order valence-corrected chi connectivity index (χ1v) is 7.76. The number of carbonyl (C=O) groups is 1. The standard InChI is InChI=1S/C16H21N5O2/c1-9-14(12-3-4-17-6-11(12)7-18-9)8-19-15(22)5-13-10(2)20-21-16(13)23/h7,17H,3-6,8H2,1-2H3,(H,19,22)(H2,20,21,23). The number of aryl methyl sites for hydroxylation is 2. The Kier molecular flexibility index (Phi) is 4.29. The van der Waals surface area contributed by atoms with Gasteiger partial charge in [0.15, 0.2) is 0 Å². The van der Waals surface area contributed by atoms with E-state index < -0.39 is 0 Å². The monoisotopic (exact) mass is 315 g/mol. The van der Waals surface area contributed by atoms with Crippen LogP contribution >= 0.6 is 0 Å². The van der Waals surface area contributed by atoms with Crippen molar-refractivity contribution in [3.63, 3.8) is 0 Å². The molecule has 0 radical (unpaired) electrons. The normalized spacial score (nSPS) is 13.7. The number of H-pyrrole nitrogens is 2. The molecule has 1 amide bonds. The van der Waals surface area contributed by atoms with Crippen molar-refractivity contribution >= 4 is 5.91 Å². The van der Waals surface area contributed by atoms with Crippen molar-refractivity contribution in [3.8, 4) is 0 Å². The predicted molar refractivity (Wildman–Crippen MR) is 86.1 cm³/mol. The van der Waals surface area contributed by atoms with Crippen LogP contribution in [-0.2, 0) is 30.7 Å². The molecule has 122 valence electrons. The van der Waals surface area contributed by atoms with Crippen molar-refractivity contribution in [2.45, 2.75) is 39.8 Å². The molecule has 23 heavy (non-hydrogen) atoms. The van der Waals surface area contributed by atoms with Gasteiger partial charge in [-0.1, -0.05) is 0 Å². The molecule has 0 aliphatic carbocycles. The van der Waals surface area contributed by atoms with E-state index in [-0.39, 0.29) is 17.9 Å². The molecular weight excluding hydrogens is 294 g/mol. The highest BCUT2D eigenvalue weighted by Crippen LogP contribution is 2.20. The molecule has 0 atom stereocenters. The Morgan fingerprint density at radius 3 is 2.87 bits per heavy atom. The molecule has 2 aromatic heterocycles. The van der Waals surface area contributed by atoms with Crippen LogP contribution in [0.4, 0.5) is 0 Å². The van der Waals surface area contributed by atoms with Crippen LogP contribution in [0.5, 0.6) is 0 Å². The zero-order valence-electron chi connectivity index (χ0n) is 13.4. The first-order chi connectivity index (χ1) is 11.1. The number of hydrogen-bond donors (Lipinski definition) is 4. The van der Waals surface area contributed by atoms with Crippen LogP contribution in [0.1, 0.15) is 33.6 Å². The lowest BCUT2D eigenvalue weighted by Gasteiger charge is -2.21. The Hall–Kier alpha value is -2.41. The van der Waals surface area contributed by atoms with Crippen LogP contribution in [0.25, 0.3) is 0 Å². The summed E-state index contributed by atoms with van der Waals surface area (Å²) in [4.78, 5) is 28.2. The summed E-state index contributed by atoms with van der Waals surface area (Å²) in [6, 6.07) is 0. The number of hydrogen-bond acceptors (Lipinski definition) is 4. The van der Waals surface area contributed by atoms with Gasteiger partial charge in [-0.25, -0.2) is 0 Å². The van der Waals surface area contributed by atoms with Crippen molar-refractivity contribution in [1.29, 1.82) is 0 Å². The Morgan fingerprint density at radius 1 is 1.30 bits per heavy atom. The van der Waals surface area contributed by atoms with Crippen molar-refractivity contribution in [1.82, 2.24) is 25.8 Å². The fraction of sp³-hybridized carbons (Fsp3) is 0.438. The zero-order chi connectivity index (χ0) is 16.4. The maximum Gasteiger partial charge on any atom is 0.267 e. The zero-order valence-corrected chi connectivity index (χ0v) is 13.4. The van der Waals surface area contributed by atoms with Gasteiger partial charge in [-0.05, 0) is 43.5 Å². The lowest BCUT2D eigenvalue weighted by molar-refractivity contribution is -0.120. The molecule has 1 aliphatic rings. The number of amides is 1. The first-order valence-electron chi connectivity index (χ1n) is 7.76. The van der Waals surface area contributed by atoms with E-state index in [2.05, 4.69) is 25.8 Å². The summed E-state index contributed by atoms with van der Waals surface area (Å²) in [6.45, 7) is 5.94. The minimum absolute atomic E-state index is 0.0771. The minimum atomic E-state index is -0.237. The van der Waals surface area contributed by atoms with Gasteiger partial charge in [0.1, 0.15) is 0 Å². The highest BCUT2D eigenvalue weighted by molar-refractivity contribution is 5.78. The van der Waals surface area contributed by atoms with E-state index in [0.717, 1.165) is 30.8 Å². The van der Waals surface area contributed by atoms with Gasteiger partial charge in [0.25, 0.3) is 5.56 Å². The number of rotatable bonds is 4. The molecule has 3 rings (SSSR count). The van der Waals surface area contributed by atoms with Crippen LogP contribution in [0.3, 0.4) is 0 Å². The van der Waals surface area contributed by atoms with E-state index in [1.165, 1.54) is 11.1 Å². The fourth-order valence-electron chi connectivity index (χ4n) is 2.97. The van der Waals surface area contributed by atoms with Crippen molar-refractivity contribution in [3.05, 3.63) is 50.2 Å². The van der Waals surface area contributed by atoms with E-state index in [0.29, 0.717) is 17.8 Å². The number of aromatic amines is 2. The van der Waals surface area contributed by atoms with Crippen molar-refractivity contribution < 1.29 is 4.79 Å². The number of carbonyl (C=O) groups excluding carboxylic acids is 1. The molecule has 1 aliphatic heterocycles. The maximum atomic E-state index is 12.2. The summed E-state index contributed by atoms with van der Waals surface area (Å²) < 4.78 is 0. The van der Waals surface area contributed by atoms with E-state index in [1.54, 1.807) is 6.92 Å². The fourth-order valence-corrected chi connectivity index (χ4v) is 2.97. The van der Waals surface area contributed by atoms with E-state index >= 15 is 0 Å². The number of nitrogens with zero attached hydrogens (tertiary/aromatic N) is 1. The quantitative estimate of drug-likeness (QED) is 0.648. The summed E-state index contributed by atoms with van der Waals surface area (Å²) >= 11 is 0. The molecule has 7 nitrogen and oxygen atoms in total. The minimum Gasteiger partial charge on any atom is -0.352 e. The molecular formula is C16H21N5O2. The van der Waals surface area contributed by atoms with E-state index in [9.17, 15) is 9.59 Å². The molecule has 0 spiro atoms. The first kappa shape index (κ1) is 15.5. The molecule has 2 aromatic rings. The number of nitrogens with one attached hydrogen (secondary N) is 4. The predicted octanol–water partition coefficient (Wildman–Crippen LogP) is 0.219. The largest absolute Gasteiger partial charge is 0.352 e. The average molecular weight is 315 g/mol. The second kappa shape index (κ2) is 6.37. The number of pyridine rings is 1. The highest BCUT2D eigenvalue weighted by Gasteiger charge is 2.17. The van der Waals surface area contributed by atoms with Crippen LogP contribution in [0, 0.1) is 13.8 Å². The Balaban J connectivity index is 1.71. The van der Waals surface area contributed by atoms with Crippen LogP contribution in [0.2, 0.25) is 0 Å². The number of fused-ring (bicyclic) bond motifs is 1. The van der Waals surface area contributed by atoms with E-state index in [1.807, 2.05) is 13.1 Å². The van der Waals surface area contributed by atoms with Gasteiger partial charge in [-0.3, -0.25) is 19.7 Å². The maximum absolute atomic E-state index is 12.2. The van der Waals surface area contributed by atoms with Gasteiger partial charge in [0.05, 0.1) is 6.42 Å². The van der Waals surface area contributed by atoms with Gasteiger partial charge in [0.2, 0.25) is 5.91 Å². The van der Waals surface area contributed by atoms with Gasteiger partial charge in [0, 0.05) is 36.2 Å². The lowest BCUT2D eigenvalue weighted by Crippen LogP contribution is -2.30. The van der Waals surface area contributed by atoms with Gasteiger partial charge < -0.3 is 15.7 Å². The summed E-state index contributed by atoms with van der Waals surface area (Å²) in [5.41, 5.74) is 5.47. The molecule has 7 heteroatoms. The molecule has 4 N–H and O–H groups in total. The summed E-state index contributed by atoms with van der Waals surface area (Å²) in [5.74, 6) is -0.163. The molecule has 0 unspecified atom stereocenters. The molecule has 3 heterocycles. The van der Waals surface area contributed by atoms with Gasteiger partial charge in [-0.15, -0.1) is 0 Å². The van der Waals surface area contributed by atoms with Crippen LogP contribution in [-0.4, -0.2) is 27.6 Å². The lowest BCUT2D eigenvalue weighted by atomic mass is 9.96. The third-order valence-corrected chi connectivity index (χ3v) is 4.36. The number of aromatic nitrogens is 3. The second-order valence-electron chi connectivity index (χ2n) is 5.89. The summed E-state index contributed by atoms with van der Waals surface area (Å²) in [6.07, 6.45) is 2.93.